The summed E-state index contributed by atoms with van der Waals surface area (Å²) < 4.78 is 5.44. The van der Waals surface area contributed by atoms with Crippen LogP contribution in [0.1, 0.15) is 5.56 Å². The van der Waals surface area contributed by atoms with Crippen molar-refractivity contribution in [2.24, 2.45) is 5.73 Å². The zero-order valence-corrected chi connectivity index (χ0v) is 19.4. The van der Waals surface area contributed by atoms with Crippen LogP contribution in [-0.4, -0.2) is 58.3 Å². The lowest BCUT2D eigenvalue weighted by atomic mass is 10.1. The first-order valence-corrected chi connectivity index (χ1v) is 9.89. The van der Waals surface area contributed by atoms with Gasteiger partial charge in [0.1, 0.15) is 5.84 Å². The van der Waals surface area contributed by atoms with Crippen LogP contribution in [0.3, 0.4) is 0 Å². The molecule has 2 atom stereocenters. The van der Waals surface area contributed by atoms with E-state index in [1.54, 1.807) is 48.8 Å². The third-order valence-corrected chi connectivity index (χ3v) is 5.15. The topological polar surface area (TPSA) is 157 Å². The smallest absolute Gasteiger partial charge is 0.259 e. The number of anilines is 2. The Kier molecular flexibility index (Phi) is 9.16. The summed E-state index contributed by atoms with van der Waals surface area (Å²) in [5.74, 6) is -1.36. The molecule has 2 amide bonds. The number of carbonyl (C=O) groups is 2. The zero-order valence-electron chi connectivity index (χ0n) is 17.8. The lowest BCUT2D eigenvalue weighted by Crippen LogP contribution is -2.55. The van der Waals surface area contributed by atoms with Crippen LogP contribution < -0.4 is 16.0 Å². The molecule has 0 bridgehead atoms. The number of nitrogens with two attached hydrogens (primary N) is 1. The highest BCUT2D eigenvalue weighted by molar-refractivity contribution is 6.04. The standard InChI is InChI=1S/C22H22N6O4.2ClH/c23-20(24)14-1-5-16(6-2-14)27-21(30)18(29)19-22(31)28(9-10-32-19)17-7-3-13(4-8-17)15-11-25-26-12-15;;/h1-8,11-12,18-19,29H,9-10H2,(H3,23,24)(H,25,26)(H,27,30);2*1H/t18-,19-;;/m1../s1. The van der Waals surface area contributed by atoms with Gasteiger partial charge >= 0.3 is 0 Å². The molecule has 1 aromatic heterocycles. The second kappa shape index (κ2) is 11.6. The first-order valence-electron chi connectivity index (χ1n) is 9.89. The van der Waals surface area contributed by atoms with Crippen LogP contribution in [-0.2, 0) is 14.3 Å². The highest BCUT2D eigenvalue weighted by Crippen LogP contribution is 2.25. The molecule has 0 spiro atoms. The first kappa shape index (κ1) is 26.8. The van der Waals surface area contributed by atoms with Crippen molar-refractivity contribution in [1.29, 1.82) is 5.41 Å². The van der Waals surface area contributed by atoms with Gasteiger partial charge in [-0.05, 0) is 42.0 Å². The summed E-state index contributed by atoms with van der Waals surface area (Å²) in [5, 5.41) is 27.1. The van der Waals surface area contributed by atoms with Gasteiger partial charge < -0.3 is 25.8 Å². The minimum Gasteiger partial charge on any atom is -0.384 e. The number of rotatable bonds is 6. The molecule has 3 aromatic rings. The maximum Gasteiger partial charge on any atom is 0.259 e. The number of halogens is 2. The summed E-state index contributed by atoms with van der Waals surface area (Å²) >= 11 is 0. The Morgan fingerprint density at radius 3 is 2.44 bits per heavy atom. The summed E-state index contributed by atoms with van der Waals surface area (Å²) in [6, 6.07) is 13.6. The van der Waals surface area contributed by atoms with Crippen molar-refractivity contribution in [2.45, 2.75) is 12.2 Å². The van der Waals surface area contributed by atoms with Gasteiger partial charge in [-0.3, -0.25) is 20.1 Å². The lowest BCUT2D eigenvalue weighted by molar-refractivity contribution is -0.150. The van der Waals surface area contributed by atoms with E-state index in [1.807, 2.05) is 12.1 Å². The molecule has 1 saturated heterocycles. The Bertz CT molecular complexity index is 1120. The summed E-state index contributed by atoms with van der Waals surface area (Å²) in [7, 11) is 0. The number of nitrogens with zero attached hydrogens (tertiary/aromatic N) is 2. The van der Waals surface area contributed by atoms with Crippen molar-refractivity contribution in [3.63, 3.8) is 0 Å². The number of ether oxygens (including phenoxy) is 1. The van der Waals surface area contributed by atoms with Gasteiger partial charge in [0.25, 0.3) is 11.8 Å². The van der Waals surface area contributed by atoms with Crippen molar-refractivity contribution in [2.75, 3.05) is 23.4 Å². The van der Waals surface area contributed by atoms with Crippen molar-refractivity contribution in [1.82, 2.24) is 10.2 Å². The molecule has 10 nitrogen and oxygen atoms in total. The molecule has 2 heterocycles. The minimum absolute atomic E-state index is 0. The molecule has 34 heavy (non-hydrogen) atoms. The number of nitrogen functional groups attached to an aromatic ring is 1. The number of aromatic nitrogens is 2. The van der Waals surface area contributed by atoms with Gasteiger partial charge in [0.2, 0.25) is 0 Å². The Morgan fingerprint density at radius 2 is 1.85 bits per heavy atom. The molecule has 0 radical (unpaired) electrons. The van der Waals surface area contributed by atoms with Crippen molar-refractivity contribution in [3.05, 3.63) is 66.5 Å². The molecule has 6 N–H and O–H groups in total. The van der Waals surface area contributed by atoms with Gasteiger partial charge in [0, 0.05) is 35.2 Å². The molecule has 4 rings (SSSR count). The van der Waals surface area contributed by atoms with Crippen molar-refractivity contribution in [3.8, 4) is 11.1 Å². The van der Waals surface area contributed by atoms with E-state index in [1.165, 1.54) is 4.90 Å². The van der Waals surface area contributed by atoms with Crippen LogP contribution in [0.4, 0.5) is 11.4 Å². The van der Waals surface area contributed by atoms with Crippen LogP contribution >= 0.6 is 24.8 Å². The van der Waals surface area contributed by atoms with Gasteiger partial charge in [-0.25, -0.2) is 0 Å². The fraction of sp³-hybridized carbons (Fsp3) is 0.182. The third-order valence-electron chi connectivity index (χ3n) is 5.15. The van der Waals surface area contributed by atoms with E-state index in [9.17, 15) is 14.7 Å². The van der Waals surface area contributed by atoms with E-state index < -0.39 is 24.0 Å². The summed E-state index contributed by atoms with van der Waals surface area (Å²) in [5.41, 5.74) is 8.82. The number of carbonyl (C=O) groups excluding carboxylic acids is 2. The van der Waals surface area contributed by atoms with Gasteiger partial charge in [0.15, 0.2) is 12.2 Å². The van der Waals surface area contributed by atoms with E-state index in [0.29, 0.717) is 23.5 Å². The number of H-pyrrole nitrogens is 1. The monoisotopic (exact) mass is 506 g/mol. The Labute approximate surface area is 207 Å². The number of amidine groups is 1. The zero-order chi connectivity index (χ0) is 22.7. The van der Waals surface area contributed by atoms with Crippen LogP contribution in [0.2, 0.25) is 0 Å². The number of amides is 2. The van der Waals surface area contributed by atoms with Crippen molar-refractivity contribution >= 4 is 53.8 Å². The number of aromatic amines is 1. The van der Waals surface area contributed by atoms with Crippen LogP contribution in [0.5, 0.6) is 0 Å². The molecular formula is C22H24Cl2N6O4. The number of benzene rings is 2. The van der Waals surface area contributed by atoms with E-state index >= 15 is 0 Å². The van der Waals surface area contributed by atoms with Gasteiger partial charge in [-0.2, -0.15) is 5.10 Å². The predicted molar refractivity (Wildman–Crippen MR) is 133 cm³/mol. The fourth-order valence-electron chi connectivity index (χ4n) is 3.42. The molecule has 0 unspecified atom stereocenters. The number of aliphatic hydroxyl groups is 1. The van der Waals surface area contributed by atoms with E-state index in [2.05, 4.69) is 15.5 Å². The number of hydrogen-bond acceptors (Lipinski definition) is 6. The molecule has 0 saturated carbocycles. The second-order valence-corrected chi connectivity index (χ2v) is 7.24. The lowest BCUT2D eigenvalue weighted by Gasteiger charge is -2.34. The quantitative estimate of drug-likeness (QED) is 0.254. The van der Waals surface area contributed by atoms with Crippen LogP contribution in [0.15, 0.2) is 60.9 Å². The largest absolute Gasteiger partial charge is 0.384 e. The predicted octanol–water partition coefficient (Wildman–Crippen LogP) is 1.94. The van der Waals surface area contributed by atoms with Crippen LogP contribution in [0, 0.1) is 5.41 Å². The number of morpholine rings is 1. The minimum atomic E-state index is -1.69. The molecule has 2 aromatic carbocycles. The number of nitrogens with one attached hydrogen (secondary N) is 3. The maximum absolute atomic E-state index is 13.0. The normalized spacial score (nSPS) is 16.1. The Hall–Kier alpha value is -3.44. The summed E-state index contributed by atoms with van der Waals surface area (Å²) in [6.45, 7) is 0.485. The summed E-state index contributed by atoms with van der Waals surface area (Å²) in [4.78, 5) is 27.0. The first-order chi connectivity index (χ1) is 15.4. The van der Waals surface area contributed by atoms with Gasteiger partial charge in [0.05, 0.1) is 12.8 Å². The molecule has 1 aliphatic rings. The molecular weight excluding hydrogens is 483 g/mol. The molecule has 1 fully saturated rings. The highest BCUT2D eigenvalue weighted by atomic mass is 35.5. The molecule has 0 aliphatic carbocycles. The van der Waals surface area contributed by atoms with E-state index in [0.717, 1.165) is 11.1 Å². The fourth-order valence-corrected chi connectivity index (χ4v) is 3.42. The Balaban J connectivity index is 0.00000204. The summed E-state index contributed by atoms with van der Waals surface area (Å²) in [6.07, 6.45) is 0.456. The maximum atomic E-state index is 13.0. The second-order valence-electron chi connectivity index (χ2n) is 7.24. The van der Waals surface area contributed by atoms with Gasteiger partial charge in [-0.1, -0.05) is 12.1 Å². The highest BCUT2D eigenvalue weighted by Gasteiger charge is 2.39. The Morgan fingerprint density at radius 1 is 1.18 bits per heavy atom. The van der Waals surface area contributed by atoms with Crippen LogP contribution in [0.25, 0.3) is 11.1 Å². The van der Waals surface area contributed by atoms with E-state index in [-0.39, 0.29) is 37.3 Å². The molecule has 12 heteroatoms. The SMILES string of the molecule is Cl.Cl.N=C(N)c1ccc(NC(=O)[C@H](O)[C@H]2OCCN(c3ccc(-c4cn[nH]c4)cc3)C2=O)cc1. The average Bonchev–Trinajstić information content (AvgIpc) is 3.34. The molecule has 180 valence electrons. The number of hydrogen-bond donors (Lipinski definition) is 5. The van der Waals surface area contributed by atoms with Crippen molar-refractivity contribution < 1.29 is 19.4 Å². The van der Waals surface area contributed by atoms with E-state index in [4.69, 9.17) is 15.9 Å². The average molecular weight is 507 g/mol. The third kappa shape index (κ3) is 5.72. The number of aliphatic hydroxyl groups excluding tert-OH is 1. The molecule has 1 aliphatic heterocycles. The van der Waals surface area contributed by atoms with Gasteiger partial charge in [-0.15, -0.1) is 24.8 Å².